The van der Waals surface area contributed by atoms with Gasteiger partial charge in [0.2, 0.25) is 0 Å². The third-order valence-electron chi connectivity index (χ3n) is 3.53. The van der Waals surface area contributed by atoms with E-state index < -0.39 is 41.0 Å². The molecule has 25 heavy (non-hydrogen) atoms. The highest BCUT2D eigenvalue weighted by Gasteiger charge is 2.41. The smallest absolute Gasteiger partial charge is 0.337 e. The highest BCUT2D eigenvalue weighted by Crippen LogP contribution is 2.34. The van der Waals surface area contributed by atoms with Crippen molar-refractivity contribution in [3.63, 3.8) is 0 Å². The van der Waals surface area contributed by atoms with E-state index in [-0.39, 0.29) is 12.1 Å². The summed E-state index contributed by atoms with van der Waals surface area (Å²) in [6, 6.07) is 2.45. The summed E-state index contributed by atoms with van der Waals surface area (Å²) in [5, 5.41) is 3.66. The van der Waals surface area contributed by atoms with Crippen molar-refractivity contribution in [3.8, 4) is 0 Å². The summed E-state index contributed by atoms with van der Waals surface area (Å²) in [7, 11) is 1.27. The van der Waals surface area contributed by atoms with Crippen LogP contribution in [0.2, 0.25) is 0 Å². The molecule has 0 aliphatic heterocycles. The van der Waals surface area contributed by atoms with Gasteiger partial charge in [-0.2, -0.15) is 18.3 Å². The van der Waals surface area contributed by atoms with E-state index in [1.807, 2.05) is 0 Å². The van der Waals surface area contributed by atoms with Gasteiger partial charge in [-0.3, -0.25) is 9.48 Å². The van der Waals surface area contributed by atoms with Crippen LogP contribution in [0.4, 0.5) is 22.0 Å². The van der Waals surface area contributed by atoms with Crippen molar-refractivity contribution >= 4 is 5.91 Å². The van der Waals surface area contributed by atoms with Gasteiger partial charge in [0.25, 0.3) is 5.91 Å². The van der Waals surface area contributed by atoms with Crippen molar-refractivity contribution in [1.82, 2.24) is 14.7 Å². The first kappa shape index (κ1) is 18.9. The van der Waals surface area contributed by atoms with Crippen LogP contribution in [0.1, 0.15) is 41.5 Å². The number of benzene rings is 1. The molecule has 1 aromatic heterocycles. The molecular weight excluding hydrogens is 345 g/mol. The van der Waals surface area contributed by atoms with E-state index in [0.717, 1.165) is 27.9 Å². The van der Waals surface area contributed by atoms with Crippen LogP contribution in [-0.2, 0) is 12.7 Å². The predicted octanol–water partition coefficient (Wildman–Crippen LogP) is 4.03. The Labute approximate surface area is 140 Å². The normalized spacial score (nSPS) is 11.9. The molecule has 0 fully saturated rings. The molecule has 1 amide bonds. The molecule has 4 nitrogen and oxygen atoms in total. The zero-order chi connectivity index (χ0) is 18.9. The van der Waals surface area contributed by atoms with Crippen LogP contribution in [0.15, 0.2) is 24.4 Å². The first-order valence-electron chi connectivity index (χ1n) is 7.36. The van der Waals surface area contributed by atoms with Crippen molar-refractivity contribution in [2.45, 2.75) is 32.6 Å². The number of carbonyl (C=O) groups excluding carboxylic acids is 1. The first-order valence-corrected chi connectivity index (χ1v) is 7.36. The molecule has 136 valence electrons. The maximum atomic E-state index is 13.3. The summed E-state index contributed by atoms with van der Waals surface area (Å²) in [5.41, 5.74) is -1.48. The van der Waals surface area contributed by atoms with Gasteiger partial charge < -0.3 is 4.90 Å². The number of hydrogen-bond donors (Lipinski definition) is 0. The topological polar surface area (TPSA) is 38.1 Å². The second-order valence-electron chi connectivity index (χ2n) is 5.85. The standard InChI is InChI=1S/C16H16F5N3O/c1-9(2)24-14(16(19,20)21)11(7-22-24)15(25)23(3)8-10-4-5-12(17)13(18)6-10/h4-7,9H,8H2,1-3H3. The summed E-state index contributed by atoms with van der Waals surface area (Å²) >= 11 is 0. The second kappa shape index (κ2) is 6.81. The summed E-state index contributed by atoms with van der Waals surface area (Å²) in [5.74, 6) is -3.05. The molecule has 1 heterocycles. The van der Waals surface area contributed by atoms with E-state index in [2.05, 4.69) is 5.10 Å². The van der Waals surface area contributed by atoms with Gasteiger partial charge in [0.15, 0.2) is 17.3 Å². The van der Waals surface area contributed by atoms with Crippen LogP contribution in [0.5, 0.6) is 0 Å². The lowest BCUT2D eigenvalue weighted by Crippen LogP contribution is -2.29. The summed E-state index contributed by atoms with van der Waals surface area (Å²) < 4.78 is 66.9. The number of carbonyl (C=O) groups is 1. The number of nitrogens with zero attached hydrogens (tertiary/aromatic N) is 3. The number of halogens is 5. The molecular formula is C16H16F5N3O. The Morgan fingerprint density at radius 1 is 1.24 bits per heavy atom. The monoisotopic (exact) mass is 361 g/mol. The fourth-order valence-corrected chi connectivity index (χ4v) is 2.38. The number of alkyl halides is 3. The van der Waals surface area contributed by atoms with E-state index >= 15 is 0 Å². The third kappa shape index (κ3) is 3.97. The predicted molar refractivity (Wildman–Crippen MR) is 79.8 cm³/mol. The van der Waals surface area contributed by atoms with Gasteiger partial charge in [-0.1, -0.05) is 6.07 Å². The van der Waals surface area contributed by atoms with Crippen LogP contribution in [0, 0.1) is 11.6 Å². The van der Waals surface area contributed by atoms with E-state index in [1.165, 1.54) is 27.0 Å². The lowest BCUT2D eigenvalue weighted by Gasteiger charge is -2.19. The van der Waals surface area contributed by atoms with Crippen LogP contribution in [0.25, 0.3) is 0 Å². The lowest BCUT2D eigenvalue weighted by molar-refractivity contribution is -0.145. The van der Waals surface area contributed by atoms with Crippen molar-refractivity contribution in [2.75, 3.05) is 7.05 Å². The quantitative estimate of drug-likeness (QED) is 0.771. The molecule has 0 radical (unpaired) electrons. The zero-order valence-corrected chi connectivity index (χ0v) is 13.7. The largest absolute Gasteiger partial charge is 0.433 e. The minimum atomic E-state index is -4.76. The molecule has 2 rings (SSSR count). The third-order valence-corrected chi connectivity index (χ3v) is 3.53. The molecule has 1 aromatic carbocycles. The average molecular weight is 361 g/mol. The maximum absolute atomic E-state index is 13.3. The highest BCUT2D eigenvalue weighted by molar-refractivity contribution is 5.95. The van der Waals surface area contributed by atoms with Crippen molar-refractivity contribution < 1.29 is 26.7 Å². The van der Waals surface area contributed by atoms with E-state index in [9.17, 15) is 26.7 Å². The number of rotatable bonds is 4. The Kier molecular flexibility index (Phi) is 5.15. The molecule has 0 saturated carbocycles. The van der Waals surface area contributed by atoms with E-state index in [1.54, 1.807) is 0 Å². The van der Waals surface area contributed by atoms with E-state index in [0.29, 0.717) is 0 Å². The van der Waals surface area contributed by atoms with Crippen LogP contribution >= 0.6 is 0 Å². The fraction of sp³-hybridized carbons (Fsp3) is 0.375. The van der Waals surface area contributed by atoms with Gasteiger partial charge in [-0.25, -0.2) is 8.78 Å². The van der Waals surface area contributed by atoms with Crippen molar-refractivity contribution in [2.24, 2.45) is 0 Å². The molecule has 0 spiro atoms. The second-order valence-corrected chi connectivity index (χ2v) is 5.85. The molecule has 0 aliphatic rings. The van der Waals surface area contributed by atoms with Crippen LogP contribution < -0.4 is 0 Å². The Morgan fingerprint density at radius 3 is 2.40 bits per heavy atom. The van der Waals surface area contributed by atoms with Gasteiger partial charge in [-0.05, 0) is 31.5 Å². The Bertz CT molecular complexity index is 783. The lowest BCUT2D eigenvalue weighted by atomic mass is 10.1. The molecule has 0 bridgehead atoms. The van der Waals surface area contributed by atoms with Gasteiger partial charge in [0.1, 0.15) is 0 Å². The molecule has 2 aromatic rings. The number of amides is 1. The Hall–Kier alpha value is -2.45. The fourth-order valence-electron chi connectivity index (χ4n) is 2.38. The van der Waals surface area contributed by atoms with E-state index in [4.69, 9.17) is 0 Å². The number of aromatic nitrogens is 2. The van der Waals surface area contributed by atoms with Gasteiger partial charge in [-0.15, -0.1) is 0 Å². The molecule has 0 saturated heterocycles. The highest BCUT2D eigenvalue weighted by atomic mass is 19.4. The summed E-state index contributed by atoms with van der Waals surface area (Å²) in [6.07, 6.45) is -3.89. The minimum absolute atomic E-state index is 0.180. The Balaban J connectivity index is 2.32. The zero-order valence-electron chi connectivity index (χ0n) is 13.7. The minimum Gasteiger partial charge on any atom is -0.337 e. The molecule has 0 aliphatic carbocycles. The van der Waals surface area contributed by atoms with Crippen molar-refractivity contribution in [1.29, 1.82) is 0 Å². The summed E-state index contributed by atoms with van der Waals surface area (Å²) in [4.78, 5) is 13.4. The molecule has 0 unspecified atom stereocenters. The Morgan fingerprint density at radius 2 is 1.88 bits per heavy atom. The average Bonchev–Trinajstić information content (AvgIpc) is 2.95. The van der Waals surface area contributed by atoms with Gasteiger partial charge >= 0.3 is 6.18 Å². The first-order chi connectivity index (χ1) is 11.5. The molecule has 0 atom stereocenters. The van der Waals surface area contributed by atoms with Crippen LogP contribution in [-0.4, -0.2) is 27.6 Å². The number of hydrogen-bond acceptors (Lipinski definition) is 2. The molecule has 9 heteroatoms. The summed E-state index contributed by atoms with van der Waals surface area (Å²) in [6.45, 7) is 2.85. The van der Waals surface area contributed by atoms with Crippen molar-refractivity contribution in [3.05, 3.63) is 52.9 Å². The van der Waals surface area contributed by atoms with Crippen LogP contribution in [0.3, 0.4) is 0 Å². The van der Waals surface area contributed by atoms with Gasteiger partial charge in [0.05, 0.1) is 11.8 Å². The van der Waals surface area contributed by atoms with Gasteiger partial charge in [0, 0.05) is 19.6 Å². The molecule has 0 N–H and O–H groups in total. The SMILES string of the molecule is CC(C)n1ncc(C(=O)N(C)Cc2ccc(F)c(F)c2)c1C(F)(F)F. The maximum Gasteiger partial charge on any atom is 0.433 e.